The smallest absolute Gasteiger partial charge is 0.286 e. The van der Waals surface area contributed by atoms with Crippen molar-refractivity contribution in [1.82, 2.24) is 9.88 Å². The van der Waals surface area contributed by atoms with E-state index in [1.807, 2.05) is 0 Å². The van der Waals surface area contributed by atoms with Gasteiger partial charge in [0.2, 0.25) is 5.75 Å². The lowest BCUT2D eigenvalue weighted by atomic mass is 10.1. The Hall–Kier alpha value is -3.56. The largest absolute Gasteiger partial charge is 0.493 e. The topological polar surface area (TPSA) is 124 Å². The molecule has 0 atom stereocenters. The Morgan fingerprint density at radius 1 is 1.19 bits per heavy atom. The van der Waals surface area contributed by atoms with Crippen LogP contribution in [0, 0.1) is 10.1 Å². The molecule has 10 nitrogen and oxygen atoms in total. The lowest BCUT2D eigenvalue weighted by Crippen LogP contribution is -2.31. The summed E-state index contributed by atoms with van der Waals surface area (Å²) in [7, 11) is 5.87. The van der Waals surface area contributed by atoms with Crippen molar-refractivity contribution in [1.29, 1.82) is 0 Å². The van der Waals surface area contributed by atoms with Crippen molar-refractivity contribution in [3.05, 3.63) is 56.0 Å². The van der Waals surface area contributed by atoms with Gasteiger partial charge in [-0.1, -0.05) is 0 Å². The third-order valence-electron chi connectivity index (χ3n) is 3.87. The van der Waals surface area contributed by atoms with E-state index in [0.717, 1.165) is 12.3 Å². The van der Waals surface area contributed by atoms with Crippen LogP contribution in [-0.2, 0) is 6.54 Å². The number of aromatic nitrogens is 1. The first-order valence-corrected chi connectivity index (χ1v) is 7.74. The van der Waals surface area contributed by atoms with Crippen LogP contribution in [0.4, 0.5) is 5.69 Å². The third-order valence-corrected chi connectivity index (χ3v) is 3.87. The first-order chi connectivity index (χ1) is 12.8. The normalized spacial score (nSPS) is 10.2. The van der Waals surface area contributed by atoms with Gasteiger partial charge in [0, 0.05) is 25.2 Å². The number of hydrogen-bond acceptors (Lipinski definition) is 7. The molecular weight excluding hydrogens is 358 g/mol. The summed E-state index contributed by atoms with van der Waals surface area (Å²) in [5.41, 5.74) is -0.814. The average Bonchev–Trinajstić information content (AvgIpc) is 2.66. The van der Waals surface area contributed by atoms with Crippen molar-refractivity contribution < 1.29 is 23.9 Å². The first-order valence-electron chi connectivity index (χ1n) is 7.74. The van der Waals surface area contributed by atoms with Gasteiger partial charge in [-0.05, 0) is 12.1 Å². The molecule has 0 fully saturated rings. The number of nitrogens with zero attached hydrogens (tertiary/aromatic N) is 2. The molecule has 1 amide bonds. The zero-order chi connectivity index (χ0) is 20.1. The van der Waals surface area contributed by atoms with Crippen molar-refractivity contribution in [3.63, 3.8) is 0 Å². The molecular formula is C17H19N3O7. The SMILES string of the molecule is COc1ccc(CN(C)C(=O)c2cc([N+](=O)[O-])c[nH]c2=O)c(OC)c1OC. The number of carbonyl (C=O) groups is 1. The van der Waals surface area contributed by atoms with Gasteiger partial charge in [0.15, 0.2) is 11.5 Å². The van der Waals surface area contributed by atoms with E-state index in [0.29, 0.717) is 22.8 Å². The molecule has 0 aliphatic heterocycles. The van der Waals surface area contributed by atoms with Crippen LogP contribution in [0.3, 0.4) is 0 Å². The number of aromatic amines is 1. The fourth-order valence-corrected chi connectivity index (χ4v) is 2.56. The summed E-state index contributed by atoms with van der Waals surface area (Å²) in [4.78, 5) is 38.2. The van der Waals surface area contributed by atoms with Crippen LogP contribution in [0.1, 0.15) is 15.9 Å². The Balaban J connectivity index is 2.36. The fourth-order valence-electron chi connectivity index (χ4n) is 2.56. The van der Waals surface area contributed by atoms with Crippen LogP contribution in [-0.4, -0.2) is 49.1 Å². The summed E-state index contributed by atoms with van der Waals surface area (Å²) in [6, 6.07) is 4.31. The Morgan fingerprint density at radius 3 is 2.41 bits per heavy atom. The molecule has 0 spiro atoms. The van der Waals surface area contributed by atoms with Gasteiger partial charge in [0.1, 0.15) is 5.56 Å². The molecule has 1 N–H and O–H groups in total. The second-order valence-electron chi connectivity index (χ2n) is 5.51. The molecule has 0 unspecified atom stereocenters. The molecule has 0 aliphatic rings. The summed E-state index contributed by atoms with van der Waals surface area (Å²) in [5.74, 6) is 0.537. The zero-order valence-electron chi connectivity index (χ0n) is 15.3. The Morgan fingerprint density at radius 2 is 1.85 bits per heavy atom. The van der Waals surface area contributed by atoms with E-state index >= 15 is 0 Å². The van der Waals surface area contributed by atoms with E-state index in [-0.39, 0.29) is 17.8 Å². The molecule has 0 saturated carbocycles. The number of nitro groups is 1. The van der Waals surface area contributed by atoms with E-state index in [1.54, 1.807) is 12.1 Å². The molecule has 2 rings (SSSR count). The number of hydrogen-bond donors (Lipinski definition) is 1. The maximum Gasteiger partial charge on any atom is 0.286 e. The van der Waals surface area contributed by atoms with Crippen LogP contribution in [0.25, 0.3) is 0 Å². The number of pyridine rings is 1. The molecule has 0 aliphatic carbocycles. The van der Waals surface area contributed by atoms with Crippen LogP contribution in [0.15, 0.2) is 29.2 Å². The number of methoxy groups -OCH3 is 3. The van der Waals surface area contributed by atoms with Crippen LogP contribution in [0.2, 0.25) is 0 Å². The molecule has 10 heteroatoms. The van der Waals surface area contributed by atoms with E-state index < -0.39 is 16.4 Å². The number of amides is 1. The Kier molecular flexibility index (Phi) is 6.01. The van der Waals surface area contributed by atoms with Crippen molar-refractivity contribution in [2.75, 3.05) is 28.4 Å². The molecule has 0 radical (unpaired) electrons. The molecule has 0 saturated heterocycles. The standard InChI is InChI=1S/C17H19N3O7/c1-19(17(22)12-7-11(20(23)24)8-18-16(12)21)9-10-5-6-13(25-2)15(27-4)14(10)26-3/h5-8H,9H2,1-4H3,(H,18,21). The van der Waals surface area contributed by atoms with Crippen LogP contribution >= 0.6 is 0 Å². The predicted octanol–water partition coefficient (Wildman–Crippen LogP) is 1.58. The highest BCUT2D eigenvalue weighted by atomic mass is 16.6. The molecule has 144 valence electrons. The lowest BCUT2D eigenvalue weighted by molar-refractivity contribution is -0.385. The molecule has 1 aromatic heterocycles. The molecule has 27 heavy (non-hydrogen) atoms. The third kappa shape index (κ3) is 4.00. The minimum Gasteiger partial charge on any atom is -0.493 e. The number of H-pyrrole nitrogens is 1. The predicted molar refractivity (Wildman–Crippen MR) is 95.6 cm³/mol. The van der Waals surface area contributed by atoms with Crippen LogP contribution < -0.4 is 19.8 Å². The molecule has 1 aromatic carbocycles. The Bertz CT molecular complexity index is 923. The van der Waals surface area contributed by atoms with Gasteiger partial charge in [0.05, 0.1) is 32.4 Å². The number of benzene rings is 1. The molecule has 0 bridgehead atoms. The average molecular weight is 377 g/mol. The number of carbonyl (C=O) groups excluding carboxylic acids is 1. The van der Waals surface area contributed by atoms with E-state index in [4.69, 9.17) is 14.2 Å². The van der Waals surface area contributed by atoms with E-state index in [9.17, 15) is 19.7 Å². The zero-order valence-corrected chi connectivity index (χ0v) is 15.3. The van der Waals surface area contributed by atoms with Crippen molar-refractivity contribution in [3.8, 4) is 17.2 Å². The Labute approximate surface area is 154 Å². The second kappa shape index (κ2) is 8.21. The first kappa shape index (κ1) is 19.8. The lowest BCUT2D eigenvalue weighted by Gasteiger charge is -2.20. The second-order valence-corrected chi connectivity index (χ2v) is 5.51. The van der Waals surface area contributed by atoms with Crippen molar-refractivity contribution >= 4 is 11.6 Å². The maximum absolute atomic E-state index is 12.6. The summed E-state index contributed by atoms with van der Waals surface area (Å²) < 4.78 is 15.9. The van der Waals surface area contributed by atoms with E-state index in [1.165, 1.54) is 33.3 Å². The van der Waals surface area contributed by atoms with Gasteiger partial charge < -0.3 is 24.1 Å². The summed E-state index contributed by atoms with van der Waals surface area (Å²) in [6.07, 6.45) is 0.941. The maximum atomic E-state index is 12.6. The number of ether oxygens (including phenoxy) is 3. The highest BCUT2D eigenvalue weighted by Gasteiger charge is 2.22. The minimum atomic E-state index is -0.711. The summed E-state index contributed by atoms with van der Waals surface area (Å²) >= 11 is 0. The number of rotatable bonds is 7. The summed E-state index contributed by atoms with van der Waals surface area (Å²) in [6.45, 7) is 0.0739. The van der Waals surface area contributed by atoms with Crippen molar-refractivity contribution in [2.45, 2.75) is 6.54 Å². The highest BCUT2D eigenvalue weighted by Crippen LogP contribution is 2.40. The van der Waals surface area contributed by atoms with Gasteiger partial charge >= 0.3 is 0 Å². The minimum absolute atomic E-state index is 0.0739. The van der Waals surface area contributed by atoms with Gasteiger partial charge in [-0.25, -0.2) is 0 Å². The highest BCUT2D eigenvalue weighted by molar-refractivity contribution is 5.94. The molecule has 2 aromatic rings. The van der Waals surface area contributed by atoms with Gasteiger partial charge in [0.25, 0.3) is 17.2 Å². The summed E-state index contributed by atoms with van der Waals surface area (Å²) in [5, 5.41) is 10.9. The quantitative estimate of drug-likeness (QED) is 0.574. The monoisotopic (exact) mass is 377 g/mol. The van der Waals surface area contributed by atoms with Gasteiger partial charge in [-0.3, -0.25) is 19.7 Å². The number of nitrogens with one attached hydrogen (secondary N) is 1. The van der Waals surface area contributed by atoms with Gasteiger partial charge in [-0.15, -0.1) is 0 Å². The molecule has 1 heterocycles. The van der Waals surface area contributed by atoms with Crippen molar-refractivity contribution in [2.24, 2.45) is 0 Å². The van der Waals surface area contributed by atoms with Crippen LogP contribution in [0.5, 0.6) is 17.2 Å². The van der Waals surface area contributed by atoms with Gasteiger partial charge in [-0.2, -0.15) is 0 Å². The van der Waals surface area contributed by atoms with E-state index in [2.05, 4.69) is 4.98 Å². The fraction of sp³-hybridized carbons (Fsp3) is 0.294.